The van der Waals surface area contributed by atoms with Crippen molar-refractivity contribution < 1.29 is 14.3 Å². The van der Waals surface area contributed by atoms with Crippen LogP contribution in [0.3, 0.4) is 0 Å². The molecule has 0 radical (unpaired) electrons. The number of nitrogens with zero attached hydrogens (tertiary/aromatic N) is 3. The van der Waals surface area contributed by atoms with Crippen molar-refractivity contribution in [3.05, 3.63) is 23.7 Å². The van der Waals surface area contributed by atoms with E-state index >= 15 is 0 Å². The van der Waals surface area contributed by atoms with E-state index in [4.69, 9.17) is 10.5 Å². The molecule has 0 spiro atoms. The minimum atomic E-state index is -0.601. The summed E-state index contributed by atoms with van der Waals surface area (Å²) in [6.07, 6.45) is 1.13. The highest BCUT2D eigenvalue weighted by Crippen LogP contribution is 2.26. The monoisotopic (exact) mass is 333 g/mol. The summed E-state index contributed by atoms with van der Waals surface area (Å²) < 4.78 is 5.73. The number of ether oxygens (including phenoxy) is 1. The minimum absolute atomic E-state index is 0.103. The van der Waals surface area contributed by atoms with E-state index < -0.39 is 11.8 Å². The molecule has 24 heavy (non-hydrogen) atoms. The van der Waals surface area contributed by atoms with Crippen LogP contribution in [0.25, 0.3) is 5.57 Å². The largest absolute Gasteiger partial charge is 0.404 e. The molecule has 130 valence electrons. The lowest BCUT2D eigenvalue weighted by Gasteiger charge is -2.39. The van der Waals surface area contributed by atoms with Crippen LogP contribution in [-0.4, -0.2) is 47.3 Å². The normalized spacial score (nSPS) is 17.5. The van der Waals surface area contributed by atoms with Gasteiger partial charge in [0.05, 0.1) is 29.2 Å². The third-order valence-corrected chi connectivity index (χ3v) is 3.69. The van der Waals surface area contributed by atoms with Crippen molar-refractivity contribution in [1.29, 1.82) is 0 Å². The summed E-state index contributed by atoms with van der Waals surface area (Å²) >= 11 is 0. The van der Waals surface area contributed by atoms with Crippen LogP contribution >= 0.6 is 0 Å². The molecule has 0 aromatic carbocycles. The van der Waals surface area contributed by atoms with Gasteiger partial charge in [0.25, 0.3) is 5.91 Å². The molecule has 1 saturated heterocycles. The van der Waals surface area contributed by atoms with Crippen LogP contribution in [0, 0.1) is 6.92 Å². The van der Waals surface area contributed by atoms with Gasteiger partial charge in [0, 0.05) is 26.2 Å². The molecular weight excluding hydrogens is 310 g/mol. The number of anilines is 1. The topological polar surface area (TPSA) is 110 Å². The molecule has 8 nitrogen and oxygen atoms in total. The number of hydrogen-bond acceptors (Lipinski definition) is 7. The molecule has 1 fully saturated rings. The van der Waals surface area contributed by atoms with Gasteiger partial charge in [-0.05, 0) is 26.8 Å². The number of imide groups is 1. The Hall–Kier alpha value is -2.48. The number of amides is 2. The average molecular weight is 333 g/mol. The zero-order valence-corrected chi connectivity index (χ0v) is 14.4. The summed E-state index contributed by atoms with van der Waals surface area (Å²) in [5, 5.41) is 10.4. The number of carbonyl (C=O) groups excluding carboxylic acids is 2. The maximum absolute atomic E-state index is 12.1. The smallest absolute Gasteiger partial charge is 0.261 e. The number of hydrogen-bond donors (Lipinski definition) is 2. The van der Waals surface area contributed by atoms with Crippen LogP contribution in [0.2, 0.25) is 0 Å². The Labute approximate surface area is 141 Å². The molecular formula is C16H23N5O3. The van der Waals surface area contributed by atoms with Crippen LogP contribution < -0.4 is 16.0 Å². The summed E-state index contributed by atoms with van der Waals surface area (Å²) in [5.74, 6) is -1.06. The van der Waals surface area contributed by atoms with Gasteiger partial charge in [-0.3, -0.25) is 14.9 Å². The first-order chi connectivity index (χ1) is 11.2. The van der Waals surface area contributed by atoms with E-state index in [0.717, 1.165) is 24.1 Å². The summed E-state index contributed by atoms with van der Waals surface area (Å²) in [4.78, 5) is 25.3. The van der Waals surface area contributed by atoms with Crippen LogP contribution in [0.5, 0.6) is 0 Å². The van der Waals surface area contributed by atoms with Gasteiger partial charge in [-0.1, -0.05) is 0 Å². The van der Waals surface area contributed by atoms with Crippen LogP contribution in [0.4, 0.5) is 5.69 Å². The molecule has 1 aliphatic heterocycles. The molecule has 0 unspecified atom stereocenters. The number of morpholine rings is 1. The van der Waals surface area contributed by atoms with E-state index in [-0.39, 0.29) is 11.2 Å². The molecule has 0 aliphatic carbocycles. The fraction of sp³-hybridized carbons (Fsp3) is 0.500. The van der Waals surface area contributed by atoms with E-state index in [9.17, 15) is 9.59 Å². The summed E-state index contributed by atoms with van der Waals surface area (Å²) in [6.45, 7) is 9.18. The highest BCUT2D eigenvalue weighted by Gasteiger charge is 2.29. The van der Waals surface area contributed by atoms with Gasteiger partial charge in [0.15, 0.2) is 0 Å². The Morgan fingerprint density at radius 3 is 2.71 bits per heavy atom. The number of carbonyl (C=O) groups is 2. The number of rotatable bonds is 3. The van der Waals surface area contributed by atoms with E-state index in [0.29, 0.717) is 18.8 Å². The Kier molecular flexibility index (Phi) is 5.18. The first kappa shape index (κ1) is 17.9. The fourth-order valence-electron chi connectivity index (χ4n) is 2.62. The van der Waals surface area contributed by atoms with E-state index in [2.05, 4.69) is 20.4 Å². The Bertz CT molecular complexity index is 684. The standard InChI is InChI=1S/C16H23N5O3/c1-10-14(21-5-6-24-16(3,4)9-21)7-13(20-19-10)12(8-17)15(23)18-11(2)22/h7-8H,5-6,9,17H2,1-4H3,(H,18,22,23)/b12-8-. The summed E-state index contributed by atoms with van der Waals surface area (Å²) in [7, 11) is 0. The molecule has 1 aliphatic rings. The molecule has 1 aromatic rings. The predicted molar refractivity (Wildman–Crippen MR) is 90.0 cm³/mol. The van der Waals surface area contributed by atoms with Crippen LogP contribution in [-0.2, 0) is 14.3 Å². The SMILES string of the molecule is CC(=O)NC(=O)/C(=C\N)c1cc(N2CCOC(C)(C)C2)c(C)nn1. The van der Waals surface area contributed by atoms with Gasteiger partial charge in [-0.25, -0.2) is 0 Å². The molecule has 1 aromatic heterocycles. The average Bonchev–Trinajstić information content (AvgIpc) is 2.47. The molecule has 0 atom stereocenters. The van der Waals surface area contributed by atoms with Crippen molar-refractivity contribution in [3.63, 3.8) is 0 Å². The van der Waals surface area contributed by atoms with Gasteiger partial charge in [0.1, 0.15) is 5.69 Å². The first-order valence-corrected chi connectivity index (χ1v) is 7.71. The second-order valence-electron chi connectivity index (χ2n) is 6.32. The van der Waals surface area contributed by atoms with Gasteiger partial charge in [0.2, 0.25) is 5.91 Å². The molecule has 0 saturated carbocycles. The second-order valence-corrected chi connectivity index (χ2v) is 6.32. The van der Waals surface area contributed by atoms with Crippen LogP contribution in [0.1, 0.15) is 32.2 Å². The fourth-order valence-corrected chi connectivity index (χ4v) is 2.62. The van der Waals surface area contributed by atoms with Gasteiger partial charge in [-0.2, -0.15) is 5.10 Å². The highest BCUT2D eigenvalue weighted by molar-refractivity contribution is 6.22. The molecule has 2 heterocycles. The number of aryl methyl sites for hydroxylation is 1. The Morgan fingerprint density at radius 1 is 1.42 bits per heavy atom. The highest BCUT2D eigenvalue weighted by atomic mass is 16.5. The lowest BCUT2D eigenvalue weighted by atomic mass is 10.1. The summed E-state index contributed by atoms with van der Waals surface area (Å²) in [6, 6.07) is 1.77. The number of aromatic nitrogens is 2. The molecule has 2 amide bonds. The number of nitrogens with two attached hydrogens (primary N) is 1. The number of nitrogens with one attached hydrogen (secondary N) is 1. The van der Waals surface area contributed by atoms with Crippen molar-refractivity contribution >= 4 is 23.1 Å². The third kappa shape index (κ3) is 4.08. The van der Waals surface area contributed by atoms with Crippen molar-refractivity contribution in [2.24, 2.45) is 5.73 Å². The predicted octanol–water partition coefficient (Wildman–Crippen LogP) is 0.363. The van der Waals surface area contributed by atoms with Crippen LogP contribution in [0.15, 0.2) is 12.3 Å². The maximum Gasteiger partial charge on any atom is 0.261 e. The van der Waals surface area contributed by atoms with E-state index in [1.165, 1.54) is 6.92 Å². The van der Waals surface area contributed by atoms with E-state index in [1.807, 2.05) is 20.8 Å². The molecule has 0 bridgehead atoms. The maximum atomic E-state index is 12.1. The minimum Gasteiger partial charge on any atom is -0.404 e. The third-order valence-electron chi connectivity index (χ3n) is 3.69. The lowest BCUT2D eigenvalue weighted by molar-refractivity contribution is -0.126. The van der Waals surface area contributed by atoms with Gasteiger partial charge < -0.3 is 15.4 Å². The van der Waals surface area contributed by atoms with Crippen molar-refractivity contribution in [1.82, 2.24) is 15.5 Å². The summed E-state index contributed by atoms with van der Waals surface area (Å²) in [5.41, 5.74) is 7.32. The first-order valence-electron chi connectivity index (χ1n) is 7.71. The second kappa shape index (κ2) is 6.96. The molecule has 8 heteroatoms. The van der Waals surface area contributed by atoms with Gasteiger partial charge in [-0.15, -0.1) is 5.10 Å². The Morgan fingerprint density at radius 2 is 2.12 bits per heavy atom. The van der Waals surface area contributed by atoms with Crippen molar-refractivity contribution in [2.75, 3.05) is 24.6 Å². The lowest BCUT2D eigenvalue weighted by Crippen LogP contribution is -2.48. The Balaban J connectivity index is 2.34. The van der Waals surface area contributed by atoms with Gasteiger partial charge >= 0.3 is 0 Å². The molecule has 3 N–H and O–H groups in total. The molecule has 2 rings (SSSR count). The van der Waals surface area contributed by atoms with Crippen molar-refractivity contribution in [2.45, 2.75) is 33.3 Å². The quantitative estimate of drug-likeness (QED) is 0.768. The zero-order valence-electron chi connectivity index (χ0n) is 14.4. The zero-order chi connectivity index (χ0) is 17.9. The van der Waals surface area contributed by atoms with E-state index in [1.54, 1.807) is 6.07 Å². The van der Waals surface area contributed by atoms with Crippen molar-refractivity contribution in [3.8, 4) is 0 Å².